The van der Waals surface area contributed by atoms with Crippen molar-refractivity contribution in [3.63, 3.8) is 0 Å². The van der Waals surface area contributed by atoms with Gasteiger partial charge in [0.2, 0.25) is 0 Å². The predicted molar refractivity (Wildman–Crippen MR) is 88.6 cm³/mol. The highest BCUT2D eigenvalue weighted by Gasteiger charge is 2.15. The number of rotatable bonds is 0. The highest BCUT2D eigenvalue weighted by molar-refractivity contribution is 6.14. The SMILES string of the molecule is Cc1cc(C)c2oc(=O)c3c(O)c4ccccc4cc3c2c1. The fraction of sp³-hybridized carbons (Fsp3) is 0.105. The quantitative estimate of drug-likeness (QED) is 0.296. The van der Waals surface area contributed by atoms with Crippen molar-refractivity contribution in [3.8, 4) is 5.75 Å². The van der Waals surface area contributed by atoms with E-state index in [0.29, 0.717) is 11.0 Å². The summed E-state index contributed by atoms with van der Waals surface area (Å²) in [6.07, 6.45) is 0. The van der Waals surface area contributed by atoms with E-state index in [9.17, 15) is 9.90 Å². The Morgan fingerprint density at radius 3 is 2.55 bits per heavy atom. The van der Waals surface area contributed by atoms with E-state index >= 15 is 0 Å². The van der Waals surface area contributed by atoms with Crippen molar-refractivity contribution in [3.05, 3.63) is 64.0 Å². The lowest BCUT2D eigenvalue weighted by Gasteiger charge is -2.09. The molecule has 108 valence electrons. The van der Waals surface area contributed by atoms with Gasteiger partial charge >= 0.3 is 5.63 Å². The van der Waals surface area contributed by atoms with Crippen LogP contribution in [0.3, 0.4) is 0 Å². The van der Waals surface area contributed by atoms with Gasteiger partial charge < -0.3 is 9.52 Å². The Balaban J connectivity index is 2.38. The Kier molecular flexibility index (Phi) is 2.54. The van der Waals surface area contributed by atoms with Gasteiger partial charge in [-0.25, -0.2) is 4.79 Å². The third kappa shape index (κ3) is 1.65. The van der Waals surface area contributed by atoms with Crippen LogP contribution in [0.2, 0.25) is 0 Å². The average molecular weight is 290 g/mol. The zero-order valence-electron chi connectivity index (χ0n) is 12.3. The average Bonchev–Trinajstić information content (AvgIpc) is 2.49. The lowest BCUT2D eigenvalue weighted by Crippen LogP contribution is -2.01. The van der Waals surface area contributed by atoms with Crippen molar-refractivity contribution in [2.75, 3.05) is 0 Å². The second kappa shape index (κ2) is 4.34. The van der Waals surface area contributed by atoms with Crippen LogP contribution in [0.1, 0.15) is 11.1 Å². The van der Waals surface area contributed by atoms with E-state index in [4.69, 9.17) is 4.42 Å². The van der Waals surface area contributed by atoms with Crippen molar-refractivity contribution < 1.29 is 9.52 Å². The number of aryl methyl sites for hydroxylation is 2. The molecule has 22 heavy (non-hydrogen) atoms. The molecular weight excluding hydrogens is 276 g/mol. The van der Waals surface area contributed by atoms with Gasteiger partial charge in [-0.15, -0.1) is 0 Å². The molecule has 0 atom stereocenters. The lowest BCUT2D eigenvalue weighted by molar-refractivity contribution is 0.483. The summed E-state index contributed by atoms with van der Waals surface area (Å²) in [4.78, 5) is 12.4. The molecule has 0 aliphatic carbocycles. The molecule has 3 heteroatoms. The number of fused-ring (bicyclic) bond motifs is 4. The molecule has 3 nitrogen and oxygen atoms in total. The molecule has 4 rings (SSSR count). The molecule has 0 aliphatic heterocycles. The van der Waals surface area contributed by atoms with Crippen molar-refractivity contribution in [2.24, 2.45) is 0 Å². The van der Waals surface area contributed by atoms with Crippen LogP contribution in [0.4, 0.5) is 0 Å². The van der Waals surface area contributed by atoms with Crippen LogP contribution < -0.4 is 5.63 Å². The molecule has 0 spiro atoms. The van der Waals surface area contributed by atoms with Crippen LogP contribution >= 0.6 is 0 Å². The topological polar surface area (TPSA) is 50.4 Å². The fourth-order valence-corrected chi connectivity index (χ4v) is 3.18. The normalized spacial score (nSPS) is 11.5. The first-order chi connectivity index (χ1) is 10.6. The van der Waals surface area contributed by atoms with Gasteiger partial charge in [0.15, 0.2) is 0 Å². The van der Waals surface area contributed by atoms with Crippen molar-refractivity contribution in [1.29, 1.82) is 0 Å². The minimum atomic E-state index is -0.502. The zero-order chi connectivity index (χ0) is 15.4. The Labute approximate surface area is 126 Å². The first kappa shape index (κ1) is 12.9. The summed E-state index contributed by atoms with van der Waals surface area (Å²) >= 11 is 0. The molecule has 0 amide bonds. The van der Waals surface area contributed by atoms with Crippen LogP contribution in [-0.2, 0) is 0 Å². The van der Waals surface area contributed by atoms with Gasteiger partial charge in [0.1, 0.15) is 16.7 Å². The van der Waals surface area contributed by atoms with Gasteiger partial charge in [-0.2, -0.15) is 0 Å². The van der Waals surface area contributed by atoms with Gasteiger partial charge in [0.05, 0.1) is 0 Å². The van der Waals surface area contributed by atoms with Crippen LogP contribution in [0, 0.1) is 13.8 Å². The molecule has 0 bridgehead atoms. The summed E-state index contributed by atoms with van der Waals surface area (Å²) < 4.78 is 5.47. The third-order valence-electron chi connectivity index (χ3n) is 4.13. The molecule has 0 unspecified atom stereocenters. The zero-order valence-corrected chi connectivity index (χ0v) is 12.3. The maximum absolute atomic E-state index is 12.4. The Morgan fingerprint density at radius 2 is 1.73 bits per heavy atom. The molecule has 3 aromatic carbocycles. The van der Waals surface area contributed by atoms with E-state index < -0.39 is 5.63 Å². The minimum Gasteiger partial charge on any atom is -0.506 e. The van der Waals surface area contributed by atoms with E-state index in [1.807, 2.05) is 50.2 Å². The van der Waals surface area contributed by atoms with Crippen LogP contribution in [0.15, 0.2) is 51.7 Å². The highest BCUT2D eigenvalue weighted by Crippen LogP contribution is 2.36. The molecule has 1 N–H and O–H groups in total. The molecule has 4 aromatic rings. The summed E-state index contributed by atoms with van der Waals surface area (Å²) in [6, 6.07) is 13.4. The highest BCUT2D eigenvalue weighted by atomic mass is 16.4. The summed E-state index contributed by atoms with van der Waals surface area (Å²) in [7, 11) is 0. The largest absolute Gasteiger partial charge is 0.506 e. The first-order valence-electron chi connectivity index (χ1n) is 7.15. The summed E-state index contributed by atoms with van der Waals surface area (Å²) in [6.45, 7) is 3.93. The number of benzene rings is 3. The maximum atomic E-state index is 12.4. The first-order valence-corrected chi connectivity index (χ1v) is 7.15. The second-order valence-corrected chi connectivity index (χ2v) is 5.72. The van der Waals surface area contributed by atoms with E-state index in [0.717, 1.165) is 27.3 Å². The van der Waals surface area contributed by atoms with Crippen LogP contribution in [-0.4, -0.2) is 5.11 Å². The number of hydrogen-bond acceptors (Lipinski definition) is 3. The molecule has 1 aromatic heterocycles. The summed E-state index contributed by atoms with van der Waals surface area (Å²) in [5.74, 6) is -0.0112. The number of phenols is 1. The van der Waals surface area contributed by atoms with Crippen molar-refractivity contribution in [2.45, 2.75) is 13.8 Å². The van der Waals surface area contributed by atoms with Crippen molar-refractivity contribution >= 4 is 32.5 Å². The van der Waals surface area contributed by atoms with Crippen LogP contribution in [0.25, 0.3) is 32.5 Å². The number of aromatic hydroxyl groups is 1. The molecule has 0 radical (unpaired) electrons. The molecular formula is C19H14O3. The Morgan fingerprint density at radius 1 is 0.955 bits per heavy atom. The number of hydrogen-bond donors (Lipinski definition) is 1. The van der Waals surface area contributed by atoms with Gasteiger partial charge in [0, 0.05) is 16.2 Å². The molecule has 0 aliphatic rings. The van der Waals surface area contributed by atoms with Gasteiger partial charge in [-0.05, 0) is 42.5 Å². The Bertz CT molecular complexity index is 1120. The molecule has 0 fully saturated rings. The van der Waals surface area contributed by atoms with E-state index in [1.54, 1.807) is 6.07 Å². The summed E-state index contributed by atoms with van der Waals surface area (Å²) in [5, 5.41) is 13.9. The Hall–Kier alpha value is -2.81. The minimum absolute atomic E-state index is 0.0112. The number of phenolic OH excluding ortho intramolecular Hbond substituents is 1. The second-order valence-electron chi connectivity index (χ2n) is 5.72. The van der Waals surface area contributed by atoms with Gasteiger partial charge in [0.25, 0.3) is 0 Å². The molecule has 0 saturated carbocycles. The monoisotopic (exact) mass is 290 g/mol. The molecule has 0 saturated heterocycles. The van der Waals surface area contributed by atoms with E-state index in [-0.39, 0.29) is 11.1 Å². The molecule has 1 heterocycles. The fourth-order valence-electron chi connectivity index (χ4n) is 3.18. The third-order valence-corrected chi connectivity index (χ3v) is 4.13. The summed E-state index contributed by atoms with van der Waals surface area (Å²) in [5.41, 5.74) is 2.09. The van der Waals surface area contributed by atoms with Gasteiger partial charge in [-0.1, -0.05) is 30.3 Å². The maximum Gasteiger partial charge on any atom is 0.348 e. The lowest BCUT2D eigenvalue weighted by atomic mass is 9.98. The van der Waals surface area contributed by atoms with E-state index in [1.165, 1.54) is 0 Å². The predicted octanol–water partition coefficient (Wildman–Crippen LogP) is 4.42. The van der Waals surface area contributed by atoms with Crippen LogP contribution in [0.5, 0.6) is 5.75 Å². The van der Waals surface area contributed by atoms with Crippen molar-refractivity contribution in [1.82, 2.24) is 0 Å². The standard InChI is InChI=1S/C19H14O3/c1-10-7-11(2)18-15(8-10)14-9-12-5-3-4-6-13(12)17(20)16(14)19(21)22-18/h3-9,20H,1-2H3. The smallest absolute Gasteiger partial charge is 0.348 e. The van der Waals surface area contributed by atoms with Gasteiger partial charge in [-0.3, -0.25) is 0 Å². The van der Waals surface area contributed by atoms with E-state index in [2.05, 4.69) is 0 Å².